The molecule has 4 nitrogen and oxygen atoms in total. The summed E-state index contributed by atoms with van der Waals surface area (Å²) in [6.45, 7) is 6.67. The van der Waals surface area contributed by atoms with Crippen LogP contribution < -0.4 is 0 Å². The molecule has 22 heavy (non-hydrogen) atoms. The van der Waals surface area contributed by atoms with Crippen LogP contribution in [0.15, 0.2) is 12.2 Å². The van der Waals surface area contributed by atoms with Crippen LogP contribution in [0.5, 0.6) is 0 Å². The van der Waals surface area contributed by atoms with Crippen molar-refractivity contribution >= 4 is 5.97 Å². The van der Waals surface area contributed by atoms with E-state index in [2.05, 4.69) is 13.5 Å². The van der Waals surface area contributed by atoms with Crippen molar-refractivity contribution in [1.82, 2.24) is 0 Å². The number of ether oxygens (including phenoxy) is 3. The molecule has 0 heterocycles. The Labute approximate surface area is 136 Å². The first kappa shape index (κ1) is 21.1. The Hall–Kier alpha value is -0.870. The first-order chi connectivity index (χ1) is 10.7. The lowest BCUT2D eigenvalue weighted by molar-refractivity contribution is -0.140. The van der Waals surface area contributed by atoms with Gasteiger partial charge in [-0.05, 0) is 6.42 Å². The van der Waals surface area contributed by atoms with E-state index in [-0.39, 0.29) is 19.4 Å². The van der Waals surface area contributed by atoms with Crippen LogP contribution in [-0.4, -0.2) is 33.1 Å². The van der Waals surface area contributed by atoms with Crippen molar-refractivity contribution < 1.29 is 19.0 Å². The van der Waals surface area contributed by atoms with Crippen LogP contribution in [0.2, 0.25) is 0 Å². The normalized spacial score (nSPS) is 10.6. The maximum atomic E-state index is 11.6. The molecule has 0 amide bonds. The molecule has 0 aromatic rings. The minimum atomic E-state index is -0.368. The average Bonchev–Trinajstić information content (AvgIpc) is 2.52. The standard InChI is InChI=1S/C18H34O4/c1-4-5-6-7-8-9-10-11-12-13-14-22-18(19)17(2)15-21-16-20-3/h2,4-16H2,1,3H3. The van der Waals surface area contributed by atoms with Crippen LogP contribution in [0.1, 0.15) is 71.1 Å². The number of hydrogen-bond donors (Lipinski definition) is 0. The zero-order valence-corrected chi connectivity index (χ0v) is 14.5. The van der Waals surface area contributed by atoms with E-state index in [1.54, 1.807) is 0 Å². The summed E-state index contributed by atoms with van der Waals surface area (Å²) >= 11 is 0. The van der Waals surface area contributed by atoms with Gasteiger partial charge in [-0.3, -0.25) is 0 Å². The van der Waals surface area contributed by atoms with Crippen molar-refractivity contribution in [1.29, 1.82) is 0 Å². The van der Waals surface area contributed by atoms with Gasteiger partial charge in [-0.25, -0.2) is 4.79 Å². The van der Waals surface area contributed by atoms with Gasteiger partial charge in [-0.15, -0.1) is 0 Å². The van der Waals surface area contributed by atoms with E-state index in [4.69, 9.17) is 14.2 Å². The fourth-order valence-corrected chi connectivity index (χ4v) is 2.16. The quantitative estimate of drug-likeness (QED) is 0.180. The minimum Gasteiger partial charge on any atom is -0.462 e. The van der Waals surface area contributed by atoms with Crippen LogP contribution in [0.3, 0.4) is 0 Å². The number of esters is 1. The fraction of sp³-hybridized carbons (Fsp3) is 0.833. The van der Waals surface area contributed by atoms with E-state index >= 15 is 0 Å². The zero-order chi connectivity index (χ0) is 16.5. The highest BCUT2D eigenvalue weighted by Gasteiger charge is 2.08. The third-order valence-electron chi connectivity index (χ3n) is 3.50. The van der Waals surface area contributed by atoms with E-state index < -0.39 is 0 Å². The maximum Gasteiger partial charge on any atom is 0.335 e. The molecule has 0 aromatic heterocycles. The van der Waals surface area contributed by atoms with E-state index in [0.717, 1.165) is 12.8 Å². The van der Waals surface area contributed by atoms with Gasteiger partial charge in [0.1, 0.15) is 6.79 Å². The molecule has 0 aliphatic heterocycles. The lowest BCUT2D eigenvalue weighted by Gasteiger charge is -2.07. The lowest BCUT2D eigenvalue weighted by Crippen LogP contribution is -2.13. The van der Waals surface area contributed by atoms with Gasteiger partial charge < -0.3 is 14.2 Å². The molecular formula is C18H34O4. The van der Waals surface area contributed by atoms with E-state index in [1.807, 2.05) is 0 Å². The molecule has 0 rings (SSSR count). The van der Waals surface area contributed by atoms with Gasteiger partial charge >= 0.3 is 5.97 Å². The summed E-state index contributed by atoms with van der Waals surface area (Å²) in [5, 5.41) is 0. The van der Waals surface area contributed by atoms with Crippen LogP contribution in [-0.2, 0) is 19.0 Å². The molecule has 0 aromatic carbocycles. The summed E-state index contributed by atoms with van der Waals surface area (Å²) in [6, 6.07) is 0. The second-order valence-electron chi connectivity index (χ2n) is 5.68. The monoisotopic (exact) mass is 314 g/mol. The molecule has 4 heteroatoms. The zero-order valence-electron chi connectivity index (χ0n) is 14.5. The second-order valence-corrected chi connectivity index (χ2v) is 5.68. The Kier molecular flexibility index (Phi) is 15.8. The highest BCUT2D eigenvalue weighted by molar-refractivity contribution is 5.87. The van der Waals surface area contributed by atoms with Crippen LogP contribution in [0.4, 0.5) is 0 Å². The number of rotatable bonds is 16. The third kappa shape index (κ3) is 14.1. The molecule has 0 saturated heterocycles. The fourth-order valence-electron chi connectivity index (χ4n) is 2.16. The molecule has 130 valence electrons. The number of hydrogen-bond acceptors (Lipinski definition) is 4. The number of carbonyl (C=O) groups excluding carboxylic acids is 1. The molecule has 0 saturated carbocycles. The molecule has 0 aliphatic carbocycles. The van der Waals surface area contributed by atoms with Crippen LogP contribution in [0.25, 0.3) is 0 Å². The predicted octanol–water partition coefficient (Wildman–Crippen LogP) is 4.63. The Bertz CT molecular complexity index is 276. The van der Waals surface area contributed by atoms with Gasteiger partial charge in [-0.2, -0.15) is 0 Å². The Morgan fingerprint density at radius 1 is 0.909 bits per heavy atom. The van der Waals surface area contributed by atoms with Gasteiger partial charge in [0, 0.05) is 7.11 Å². The van der Waals surface area contributed by atoms with E-state index in [1.165, 1.54) is 58.5 Å². The summed E-state index contributed by atoms with van der Waals surface area (Å²) in [4.78, 5) is 11.6. The summed E-state index contributed by atoms with van der Waals surface area (Å²) < 4.78 is 14.9. The highest BCUT2D eigenvalue weighted by atomic mass is 16.7. The van der Waals surface area contributed by atoms with Crippen molar-refractivity contribution in [3.05, 3.63) is 12.2 Å². The van der Waals surface area contributed by atoms with Crippen molar-refractivity contribution in [2.24, 2.45) is 0 Å². The number of carbonyl (C=O) groups is 1. The highest BCUT2D eigenvalue weighted by Crippen LogP contribution is 2.10. The summed E-state index contributed by atoms with van der Waals surface area (Å²) in [5.74, 6) is -0.368. The van der Waals surface area contributed by atoms with Gasteiger partial charge in [-0.1, -0.05) is 71.3 Å². The predicted molar refractivity (Wildman–Crippen MR) is 89.8 cm³/mol. The van der Waals surface area contributed by atoms with Crippen molar-refractivity contribution in [2.75, 3.05) is 27.1 Å². The van der Waals surface area contributed by atoms with E-state index in [0.29, 0.717) is 12.2 Å². The SMILES string of the molecule is C=C(COCOC)C(=O)OCCCCCCCCCCCC. The molecule has 0 fully saturated rings. The second kappa shape index (κ2) is 16.5. The van der Waals surface area contributed by atoms with Crippen molar-refractivity contribution in [2.45, 2.75) is 71.1 Å². The Morgan fingerprint density at radius 3 is 2.00 bits per heavy atom. The Morgan fingerprint density at radius 2 is 1.45 bits per heavy atom. The average molecular weight is 314 g/mol. The number of unbranched alkanes of at least 4 members (excludes halogenated alkanes) is 9. The topological polar surface area (TPSA) is 44.8 Å². The largest absolute Gasteiger partial charge is 0.462 e. The molecule has 0 unspecified atom stereocenters. The van der Waals surface area contributed by atoms with E-state index in [9.17, 15) is 4.79 Å². The molecular weight excluding hydrogens is 280 g/mol. The van der Waals surface area contributed by atoms with Crippen molar-refractivity contribution in [3.63, 3.8) is 0 Å². The molecule has 0 spiro atoms. The van der Waals surface area contributed by atoms with Gasteiger partial charge in [0.15, 0.2) is 0 Å². The smallest absolute Gasteiger partial charge is 0.335 e. The molecule has 0 bridgehead atoms. The summed E-state index contributed by atoms with van der Waals surface area (Å²) in [5.41, 5.74) is 0.337. The molecule has 0 N–H and O–H groups in total. The maximum absolute atomic E-state index is 11.6. The van der Waals surface area contributed by atoms with Gasteiger partial charge in [0.2, 0.25) is 0 Å². The summed E-state index contributed by atoms with van der Waals surface area (Å²) in [7, 11) is 1.53. The molecule has 0 radical (unpaired) electrons. The van der Waals surface area contributed by atoms with Crippen LogP contribution >= 0.6 is 0 Å². The van der Waals surface area contributed by atoms with Crippen LogP contribution in [0, 0.1) is 0 Å². The molecule has 0 atom stereocenters. The lowest BCUT2D eigenvalue weighted by atomic mass is 10.1. The first-order valence-electron chi connectivity index (χ1n) is 8.64. The van der Waals surface area contributed by atoms with Gasteiger partial charge in [0.25, 0.3) is 0 Å². The number of methoxy groups -OCH3 is 1. The van der Waals surface area contributed by atoms with Crippen molar-refractivity contribution in [3.8, 4) is 0 Å². The minimum absolute atomic E-state index is 0.157. The first-order valence-corrected chi connectivity index (χ1v) is 8.64. The Balaban J connectivity index is 3.28. The summed E-state index contributed by atoms with van der Waals surface area (Å²) in [6.07, 6.45) is 12.7. The van der Waals surface area contributed by atoms with Gasteiger partial charge in [0.05, 0.1) is 18.8 Å². The third-order valence-corrected chi connectivity index (χ3v) is 3.50. The molecule has 0 aliphatic rings.